The Labute approximate surface area is 92.9 Å². The van der Waals surface area contributed by atoms with Crippen LogP contribution in [0.1, 0.15) is 5.56 Å². The van der Waals surface area contributed by atoms with Crippen molar-refractivity contribution in [3.05, 3.63) is 29.8 Å². The fourth-order valence-electron chi connectivity index (χ4n) is 0.930. The first-order valence-corrected chi connectivity index (χ1v) is 4.77. The van der Waals surface area contributed by atoms with E-state index in [9.17, 15) is 13.2 Å². The Bertz CT molecular complexity index is 303. The first kappa shape index (κ1) is 11.6. The molecule has 0 bridgehead atoms. The van der Waals surface area contributed by atoms with E-state index in [0.717, 1.165) is 5.56 Å². The molecule has 2 nitrogen and oxygen atoms in total. The Hall–Kier alpha value is -0.500. The van der Waals surface area contributed by atoms with Crippen molar-refractivity contribution in [3.63, 3.8) is 0 Å². The van der Waals surface area contributed by atoms with E-state index >= 15 is 0 Å². The third-order valence-electron chi connectivity index (χ3n) is 1.40. The fraction of sp³-hybridized carbons (Fsp3) is 0.250. The van der Waals surface area contributed by atoms with Crippen LogP contribution in [-0.2, 0) is 6.54 Å². The van der Waals surface area contributed by atoms with Crippen LogP contribution in [0.15, 0.2) is 24.3 Å². The quantitative estimate of drug-likeness (QED) is 0.683. The van der Waals surface area contributed by atoms with Gasteiger partial charge in [0.25, 0.3) is 0 Å². The van der Waals surface area contributed by atoms with Gasteiger partial charge < -0.3 is 4.74 Å². The number of alkyl halides is 3. The SMILES string of the molecule is FC(F)(F)Oc1cccc(CNI)c1. The van der Waals surface area contributed by atoms with Crippen LogP contribution in [0, 0.1) is 0 Å². The molecular weight excluding hydrogens is 310 g/mol. The number of rotatable bonds is 3. The van der Waals surface area contributed by atoms with Gasteiger partial charge in [-0.1, -0.05) is 12.1 Å². The second-order valence-electron chi connectivity index (χ2n) is 2.51. The van der Waals surface area contributed by atoms with Crippen molar-refractivity contribution in [2.75, 3.05) is 0 Å². The molecule has 78 valence electrons. The van der Waals surface area contributed by atoms with E-state index in [-0.39, 0.29) is 5.75 Å². The number of nitrogens with one attached hydrogen (secondary N) is 1. The average Bonchev–Trinajstić information content (AvgIpc) is 2.02. The lowest BCUT2D eigenvalue weighted by Crippen LogP contribution is -2.17. The highest BCUT2D eigenvalue weighted by atomic mass is 127. The number of hydrogen-bond acceptors (Lipinski definition) is 2. The summed E-state index contributed by atoms with van der Waals surface area (Å²) in [7, 11) is 0. The van der Waals surface area contributed by atoms with Crippen LogP contribution in [0.5, 0.6) is 5.75 Å². The summed E-state index contributed by atoms with van der Waals surface area (Å²) in [6.45, 7) is 0.496. The summed E-state index contributed by atoms with van der Waals surface area (Å²) >= 11 is 1.92. The largest absolute Gasteiger partial charge is 0.573 e. The van der Waals surface area contributed by atoms with Gasteiger partial charge >= 0.3 is 6.36 Å². The maximum Gasteiger partial charge on any atom is 0.573 e. The van der Waals surface area contributed by atoms with Crippen molar-refractivity contribution in [3.8, 4) is 5.75 Å². The number of benzene rings is 1. The number of hydrogen-bond donors (Lipinski definition) is 1. The lowest BCUT2D eigenvalue weighted by molar-refractivity contribution is -0.274. The molecule has 0 atom stereocenters. The standard InChI is InChI=1S/C8H7F3INO/c9-8(10,11)14-7-3-1-2-6(4-7)5-13-12/h1-4,13H,5H2. The first-order valence-electron chi connectivity index (χ1n) is 3.69. The van der Waals surface area contributed by atoms with Gasteiger partial charge in [-0.15, -0.1) is 13.2 Å². The molecule has 0 aliphatic heterocycles. The molecule has 1 aromatic rings. The molecule has 0 radical (unpaired) electrons. The van der Waals surface area contributed by atoms with Gasteiger partial charge in [-0.3, -0.25) is 3.53 Å². The maximum atomic E-state index is 11.8. The predicted octanol–water partition coefficient (Wildman–Crippen LogP) is 3.02. The molecule has 0 unspecified atom stereocenters. The molecule has 0 saturated carbocycles. The van der Waals surface area contributed by atoms with Gasteiger partial charge in [0.15, 0.2) is 0 Å². The predicted molar refractivity (Wildman–Crippen MR) is 54.0 cm³/mol. The summed E-state index contributed by atoms with van der Waals surface area (Å²) in [5.41, 5.74) is 0.737. The Morgan fingerprint density at radius 2 is 2.07 bits per heavy atom. The monoisotopic (exact) mass is 317 g/mol. The highest BCUT2D eigenvalue weighted by Gasteiger charge is 2.30. The van der Waals surface area contributed by atoms with Crippen LogP contribution < -0.4 is 8.27 Å². The molecule has 0 fully saturated rings. The normalized spacial score (nSPS) is 11.4. The molecule has 14 heavy (non-hydrogen) atoms. The average molecular weight is 317 g/mol. The molecule has 1 N–H and O–H groups in total. The van der Waals surface area contributed by atoms with Crippen molar-refractivity contribution < 1.29 is 17.9 Å². The smallest absolute Gasteiger partial charge is 0.406 e. The molecular formula is C8H7F3INO. The first-order chi connectivity index (χ1) is 6.51. The third-order valence-corrected chi connectivity index (χ3v) is 1.78. The topological polar surface area (TPSA) is 21.3 Å². The zero-order valence-corrected chi connectivity index (χ0v) is 9.09. The highest BCUT2D eigenvalue weighted by molar-refractivity contribution is 14.1. The summed E-state index contributed by atoms with van der Waals surface area (Å²) in [5.74, 6) is -0.193. The van der Waals surface area contributed by atoms with Crippen LogP contribution in [0.25, 0.3) is 0 Å². The summed E-state index contributed by atoms with van der Waals surface area (Å²) in [6.07, 6.45) is -4.63. The lowest BCUT2D eigenvalue weighted by atomic mass is 10.2. The van der Waals surface area contributed by atoms with E-state index in [1.807, 2.05) is 22.9 Å². The minimum Gasteiger partial charge on any atom is -0.406 e. The Balaban J connectivity index is 2.73. The second-order valence-corrected chi connectivity index (χ2v) is 3.27. The fourth-order valence-corrected chi connectivity index (χ4v) is 1.37. The van der Waals surface area contributed by atoms with Gasteiger partial charge in [-0.25, -0.2) is 0 Å². The third kappa shape index (κ3) is 4.14. The zero-order chi connectivity index (χ0) is 10.6. The van der Waals surface area contributed by atoms with Crippen LogP contribution in [0.3, 0.4) is 0 Å². The Morgan fingerprint density at radius 1 is 1.36 bits per heavy atom. The molecule has 0 spiro atoms. The van der Waals surface area contributed by atoms with Gasteiger partial charge in [0.2, 0.25) is 0 Å². The molecule has 1 rings (SSSR count). The Morgan fingerprint density at radius 3 is 2.64 bits per heavy atom. The molecule has 0 aliphatic rings. The summed E-state index contributed by atoms with van der Waals surface area (Å²) in [6, 6.07) is 5.85. The van der Waals surface area contributed by atoms with Crippen LogP contribution in [0.4, 0.5) is 13.2 Å². The van der Waals surface area contributed by atoms with Crippen molar-refractivity contribution in [2.45, 2.75) is 12.9 Å². The molecule has 0 aliphatic carbocycles. The zero-order valence-electron chi connectivity index (χ0n) is 6.94. The van der Waals surface area contributed by atoms with E-state index in [1.165, 1.54) is 18.2 Å². The number of ether oxygens (including phenoxy) is 1. The molecule has 0 saturated heterocycles. The number of halogens is 4. The Kier molecular flexibility index (Phi) is 3.99. The van der Waals surface area contributed by atoms with Crippen LogP contribution in [0.2, 0.25) is 0 Å². The van der Waals surface area contributed by atoms with Gasteiger partial charge in [-0.05, 0) is 17.7 Å². The highest BCUT2D eigenvalue weighted by Crippen LogP contribution is 2.23. The van der Waals surface area contributed by atoms with Gasteiger partial charge in [0.05, 0.1) is 0 Å². The lowest BCUT2D eigenvalue weighted by Gasteiger charge is -2.09. The van der Waals surface area contributed by atoms with E-state index in [1.54, 1.807) is 6.07 Å². The summed E-state index contributed by atoms with van der Waals surface area (Å²) in [4.78, 5) is 0. The van der Waals surface area contributed by atoms with E-state index in [0.29, 0.717) is 6.54 Å². The minimum atomic E-state index is -4.63. The summed E-state index contributed by atoms with van der Waals surface area (Å²) < 4.78 is 42.0. The van der Waals surface area contributed by atoms with E-state index in [4.69, 9.17) is 0 Å². The molecule has 0 amide bonds. The molecule has 0 aromatic heterocycles. The van der Waals surface area contributed by atoms with Crippen molar-refractivity contribution >= 4 is 22.9 Å². The molecule has 6 heteroatoms. The second kappa shape index (κ2) is 4.83. The van der Waals surface area contributed by atoms with Crippen LogP contribution >= 0.6 is 22.9 Å². The van der Waals surface area contributed by atoms with E-state index in [2.05, 4.69) is 8.27 Å². The van der Waals surface area contributed by atoms with Crippen molar-refractivity contribution in [2.24, 2.45) is 0 Å². The molecule has 1 aromatic carbocycles. The van der Waals surface area contributed by atoms with Gasteiger partial charge in [-0.2, -0.15) is 0 Å². The van der Waals surface area contributed by atoms with Crippen molar-refractivity contribution in [1.29, 1.82) is 0 Å². The molecule has 0 heterocycles. The van der Waals surface area contributed by atoms with E-state index < -0.39 is 6.36 Å². The summed E-state index contributed by atoms with van der Waals surface area (Å²) in [5, 5.41) is 0. The van der Waals surface area contributed by atoms with Crippen molar-refractivity contribution in [1.82, 2.24) is 3.53 Å². The van der Waals surface area contributed by atoms with Crippen LogP contribution in [-0.4, -0.2) is 6.36 Å². The van der Waals surface area contributed by atoms with Gasteiger partial charge in [0.1, 0.15) is 5.75 Å². The maximum absolute atomic E-state index is 11.8. The van der Waals surface area contributed by atoms with Gasteiger partial charge in [0, 0.05) is 29.4 Å². The minimum absolute atomic E-state index is 0.193.